The fourth-order valence-electron chi connectivity index (χ4n) is 1.09. The third-order valence-electron chi connectivity index (χ3n) is 1.80. The molecular formula is C7H14O6S. The zero-order chi connectivity index (χ0) is 11.2. The van der Waals surface area contributed by atoms with Crippen LogP contribution in [-0.4, -0.2) is 29.4 Å². The summed E-state index contributed by atoms with van der Waals surface area (Å²) in [7, 11) is -4.12. The maximum Gasteiger partial charge on any atom is 0.342 e. The van der Waals surface area contributed by atoms with Crippen molar-refractivity contribution >= 4 is 16.1 Å². The Morgan fingerprint density at radius 1 is 1.43 bits per heavy atom. The first-order valence-electron chi connectivity index (χ1n) is 4.22. The average Bonchev–Trinajstić information content (AvgIpc) is 2.09. The van der Waals surface area contributed by atoms with E-state index in [-0.39, 0.29) is 19.3 Å². The van der Waals surface area contributed by atoms with Crippen molar-refractivity contribution < 1.29 is 27.9 Å². The smallest absolute Gasteiger partial charge is 0.301 e. The van der Waals surface area contributed by atoms with Gasteiger partial charge in [0.2, 0.25) is 0 Å². The van der Waals surface area contributed by atoms with Crippen LogP contribution in [-0.2, 0) is 19.8 Å². The van der Waals surface area contributed by atoms with Crippen LogP contribution in [0.25, 0.3) is 0 Å². The Balaban J connectivity index is 4.18. The summed E-state index contributed by atoms with van der Waals surface area (Å²) in [5.74, 6) is -0.908. The lowest BCUT2D eigenvalue weighted by Crippen LogP contribution is -2.21. The summed E-state index contributed by atoms with van der Waals surface area (Å²) in [5.41, 5.74) is 0. The Hall–Kier alpha value is -0.660. The minimum Gasteiger partial charge on any atom is -0.301 e. The van der Waals surface area contributed by atoms with Gasteiger partial charge in [-0.1, -0.05) is 13.3 Å². The third kappa shape index (κ3) is 5.15. The summed E-state index contributed by atoms with van der Waals surface area (Å²) in [5, 5.41) is 6.95. The molecule has 14 heavy (non-hydrogen) atoms. The van der Waals surface area contributed by atoms with Crippen molar-refractivity contribution in [3.8, 4) is 0 Å². The molecule has 1 atom stereocenters. The van der Waals surface area contributed by atoms with E-state index in [0.29, 0.717) is 6.42 Å². The van der Waals surface area contributed by atoms with Crippen molar-refractivity contribution in [1.29, 1.82) is 0 Å². The number of carbonyl (C=O) groups is 1. The second-order valence-electron chi connectivity index (χ2n) is 2.93. The van der Waals surface area contributed by atoms with Crippen molar-refractivity contribution in [2.45, 2.75) is 37.9 Å². The van der Waals surface area contributed by atoms with Gasteiger partial charge in [0.25, 0.3) is 10.1 Å². The van der Waals surface area contributed by atoms with Crippen molar-refractivity contribution in [3.63, 3.8) is 0 Å². The van der Waals surface area contributed by atoms with Gasteiger partial charge in [0, 0.05) is 0 Å². The van der Waals surface area contributed by atoms with E-state index in [0.717, 1.165) is 0 Å². The fourth-order valence-corrected chi connectivity index (χ4v) is 2.04. The lowest BCUT2D eigenvalue weighted by molar-refractivity contribution is -0.234. The van der Waals surface area contributed by atoms with Gasteiger partial charge in [-0.3, -0.25) is 4.55 Å². The molecule has 0 spiro atoms. The number of carbonyl (C=O) groups excluding carboxylic acids is 1. The highest BCUT2D eigenvalue weighted by atomic mass is 32.2. The van der Waals surface area contributed by atoms with Gasteiger partial charge in [0.1, 0.15) is 0 Å². The van der Waals surface area contributed by atoms with E-state index in [9.17, 15) is 13.2 Å². The summed E-state index contributed by atoms with van der Waals surface area (Å²) >= 11 is 0. The Morgan fingerprint density at radius 3 is 2.36 bits per heavy atom. The highest BCUT2D eigenvalue weighted by Gasteiger charge is 2.23. The van der Waals surface area contributed by atoms with E-state index in [2.05, 4.69) is 4.89 Å². The molecule has 0 saturated carbocycles. The van der Waals surface area contributed by atoms with Crippen LogP contribution in [0.2, 0.25) is 0 Å². The van der Waals surface area contributed by atoms with Gasteiger partial charge in [0.05, 0.1) is 11.7 Å². The van der Waals surface area contributed by atoms with Gasteiger partial charge in [-0.25, -0.2) is 4.79 Å². The first-order chi connectivity index (χ1) is 6.41. The highest BCUT2D eigenvalue weighted by molar-refractivity contribution is 7.86. The van der Waals surface area contributed by atoms with Gasteiger partial charge >= 0.3 is 5.97 Å². The molecular weight excluding hydrogens is 212 g/mol. The Labute approximate surface area is 82.6 Å². The second-order valence-corrected chi connectivity index (χ2v) is 4.62. The third-order valence-corrected chi connectivity index (χ3v) is 3.12. The molecule has 6 nitrogen and oxygen atoms in total. The van der Waals surface area contributed by atoms with Gasteiger partial charge in [-0.05, 0) is 12.8 Å². The fraction of sp³-hybridized carbons (Fsp3) is 0.857. The Morgan fingerprint density at radius 2 is 2.00 bits per heavy atom. The molecule has 2 N–H and O–H groups in total. The van der Waals surface area contributed by atoms with E-state index >= 15 is 0 Å². The highest BCUT2D eigenvalue weighted by Crippen LogP contribution is 2.13. The van der Waals surface area contributed by atoms with Crippen molar-refractivity contribution in [2.24, 2.45) is 0 Å². The summed E-state index contributed by atoms with van der Waals surface area (Å²) in [6.45, 7) is 1.77. The van der Waals surface area contributed by atoms with Crippen LogP contribution in [0.4, 0.5) is 0 Å². The molecule has 0 amide bonds. The zero-order valence-corrected chi connectivity index (χ0v) is 8.66. The van der Waals surface area contributed by atoms with Crippen molar-refractivity contribution in [3.05, 3.63) is 0 Å². The molecule has 84 valence electrons. The van der Waals surface area contributed by atoms with Crippen LogP contribution in [0.15, 0.2) is 0 Å². The molecule has 0 aromatic rings. The SMILES string of the molecule is CCCC(CCC(=O)OO)S(=O)(=O)O. The summed E-state index contributed by atoms with van der Waals surface area (Å²) in [4.78, 5) is 13.9. The van der Waals surface area contributed by atoms with Gasteiger partial charge in [-0.2, -0.15) is 13.7 Å². The largest absolute Gasteiger partial charge is 0.342 e. The molecule has 0 aromatic heterocycles. The van der Waals surface area contributed by atoms with Crippen LogP contribution >= 0.6 is 0 Å². The van der Waals surface area contributed by atoms with Crippen molar-refractivity contribution in [2.75, 3.05) is 0 Å². The maximum atomic E-state index is 10.8. The number of rotatable bonds is 6. The molecule has 0 radical (unpaired) electrons. The molecule has 0 aliphatic heterocycles. The van der Waals surface area contributed by atoms with E-state index < -0.39 is 21.3 Å². The summed E-state index contributed by atoms with van der Waals surface area (Å²) in [6, 6.07) is 0. The number of hydrogen-bond donors (Lipinski definition) is 2. The Bertz CT molecular complexity index is 270. The van der Waals surface area contributed by atoms with Gasteiger partial charge in [0.15, 0.2) is 0 Å². The molecule has 0 heterocycles. The van der Waals surface area contributed by atoms with Gasteiger partial charge < -0.3 is 4.89 Å². The standard InChI is InChI=1S/C7H14O6S/c1-2-3-6(14(10,11)12)4-5-7(8)13-9/h6,9H,2-5H2,1H3,(H,10,11,12). The minimum absolute atomic E-state index is 0.0495. The predicted molar refractivity (Wildman–Crippen MR) is 48.2 cm³/mol. The quantitative estimate of drug-likeness (QED) is 0.395. The molecule has 0 aromatic carbocycles. The molecule has 0 aliphatic rings. The van der Waals surface area contributed by atoms with Crippen LogP contribution in [0.1, 0.15) is 32.6 Å². The predicted octanol–water partition coefficient (Wildman–Crippen LogP) is 0.839. The average molecular weight is 226 g/mol. The molecule has 0 bridgehead atoms. The number of hydrogen-bond acceptors (Lipinski definition) is 5. The van der Waals surface area contributed by atoms with Crippen LogP contribution < -0.4 is 0 Å². The lowest BCUT2D eigenvalue weighted by Gasteiger charge is -2.10. The monoisotopic (exact) mass is 226 g/mol. The first-order valence-corrected chi connectivity index (χ1v) is 5.72. The minimum atomic E-state index is -4.12. The second kappa shape index (κ2) is 5.94. The maximum absolute atomic E-state index is 10.8. The molecule has 1 unspecified atom stereocenters. The normalized spacial score (nSPS) is 13.6. The molecule has 0 saturated heterocycles. The molecule has 0 fully saturated rings. The topological polar surface area (TPSA) is 101 Å². The lowest BCUT2D eigenvalue weighted by atomic mass is 10.1. The molecule has 0 rings (SSSR count). The Kier molecular flexibility index (Phi) is 5.66. The molecule has 0 aliphatic carbocycles. The van der Waals surface area contributed by atoms with Crippen molar-refractivity contribution in [1.82, 2.24) is 0 Å². The van der Waals surface area contributed by atoms with E-state index in [1.165, 1.54) is 0 Å². The van der Waals surface area contributed by atoms with E-state index in [4.69, 9.17) is 9.81 Å². The first kappa shape index (κ1) is 13.3. The van der Waals surface area contributed by atoms with Crippen LogP contribution in [0, 0.1) is 0 Å². The van der Waals surface area contributed by atoms with E-state index in [1.807, 2.05) is 0 Å². The van der Waals surface area contributed by atoms with E-state index in [1.54, 1.807) is 6.92 Å². The molecule has 7 heteroatoms. The summed E-state index contributed by atoms with van der Waals surface area (Å²) in [6.07, 6.45) is 0.573. The summed E-state index contributed by atoms with van der Waals surface area (Å²) < 4.78 is 30.3. The van der Waals surface area contributed by atoms with Crippen LogP contribution in [0.3, 0.4) is 0 Å². The van der Waals surface area contributed by atoms with Crippen LogP contribution in [0.5, 0.6) is 0 Å². The zero-order valence-electron chi connectivity index (χ0n) is 7.84. The van der Waals surface area contributed by atoms with Gasteiger partial charge in [-0.15, -0.1) is 0 Å².